The summed E-state index contributed by atoms with van der Waals surface area (Å²) >= 11 is 6.11. The predicted octanol–water partition coefficient (Wildman–Crippen LogP) is 6.29. The van der Waals surface area contributed by atoms with Gasteiger partial charge in [-0.05, 0) is 72.0 Å². The first-order chi connectivity index (χ1) is 19.4. The van der Waals surface area contributed by atoms with Crippen molar-refractivity contribution >= 4 is 27.0 Å². The second-order valence-corrected chi connectivity index (χ2v) is 12.3. The Hall–Kier alpha value is -3.30. The minimum atomic E-state index is -3.32. The van der Waals surface area contributed by atoms with E-state index >= 15 is 0 Å². The number of aromatic amines is 1. The third-order valence-corrected chi connectivity index (χ3v) is 9.24. The smallest absolute Gasteiger partial charge is 0.180 e. The van der Waals surface area contributed by atoms with Gasteiger partial charge in [-0.1, -0.05) is 29.8 Å². The van der Waals surface area contributed by atoms with Gasteiger partial charge in [0.15, 0.2) is 9.84 Å². The molecule has 0 saturated heterocycles. The number of nitrogens with zero attached hydrogens (tertiary/aromatic N) is 2. The van der Waals surface area contributed by atoms with Crippen LogP contribution in [0.4, 0.5) is 4.39 Å². The molecule has 9 heteroatoms. The number of hydrogen-bond acceptors (Lipinski definition) is 5. The molecule has 0 fully saturated rings. The van der Waals surface area contributed by atoms with E-state index in [0.29, 0.717) is 4.90 Å². The standard InChI is InChI=1S/C31H31ClFN3O3S/c1-39-18-19-40(37,38)26-5-2-22(3-6-26)10-15-36-16-11-23(12-17-36)27-21-35-31(25-4-7-29(33)28(32)20-25)30(27)24-8-13-34-14-9-24/h2-9,11,13-14,20-21,35H,10,12,15-19H2,1H3. The van der Waals surface area contributed by atoms with Gasteiger partial charge in [-0.3, -0.25) is 9.88 Å². The van der Waals surface area contributed by atoms with Crippen molar-refractivity contribution in [2.45, 2.75) is 17.7 Å². The van der Waals surface area contributed by atoms with Crippen LogP contribution in [-0.2, 0) is 21.0 Å². The van der Waals surface area contributed by atoms with E-state index < -0.39 is 15.7 Å². The summed E-state index contributed by atoms with van der Waals surface area (Å²) in [5, 5.41) is 0.0872. The SMILES string of the molecule is COCCS(=O)(=O)c1ccc(CCN2CC=C(c3c[nH]c(-c4ccc(F)c(Cl)c4)c3-c3ccncc3)CC2)cc1. The van der Waals surface area contributed by atoms with E-state index in [9.17, 15) is 12.8 Å². The summed E-state index contributed by atoms with van der Waals surface area (Å²) in [7, 11) is -1.83. The molecule has 0 saturated carbocycles. The van der Waals surface area contributed by atoms with Crippen LogP contribution in [0.1, 0.15) is 17.5 Å². The zero-order chi connectivity index (χ0) is 28.1. The fraction of sp³-hybridized carbons (Fsp3) is 0.258. The molecule has 4 aromatic rings. The molecule has 0 unspecified atom stereocenters. The topological polar surface area (TPSA) is 75.3 Å². The molecular formula is C31H31ClFN3O3S. The fourth-order valence-electron chi connectivity index (χ4n) is 4.99. The van der Waals surface area contributed by atoms with Gasteiger partial charge >= 0.3 is 0 Å². The average molecular weight is 580 g/mol. The van der Waals surface area contributed by atoms with Crippen molar-refractivity contribution in [3.05, 3.63) is 101 Å². The minimum Gasteiger partial charge on any atom is -0.384 e. The fourth-order valence-corrected chi connectivity index (χ4v) is 6.35. The van der Waals surface area contributed by atoms with Crippen LogP contribution < -0.4 is 0 Å². The van der Waals surface area contributed by atoms with Gasteiger partial charge in [0.1, 0.15) is 5.82 Å². The van der Waals surface area contributed by atoms with Crippen LogP contribution in [0.15, 0.2) is 84.2 Å². The van der Waals surface area contributed by atoms with Crippen LogP contribution in [0.5, 0.6) is 0 Å². The summed E-state index contributed by atoms with van der Waals surface area (Å²) in [6, 6.07) is 15.9. The van der Waals surface area contributed by atoms with E-state index in [0.717, 1.165) is 66.0 Å². The lowest BCUT2D eigenvalue weighted by molar-refractivity contribution is 0.217. The Labute approximate surface area is 239 Å². The van der Waals surface area contributed by atoms with Crippen molar-refractivity contribution in [1.29, 1.82) is 0 Å². The number of nitrogens with one attached hydrogen (secondary N) is 1. The van der Waals surface area contributed by atoms with Crippen LogP contribution in [0, 0.1) is 5.82 Å². The lowest BCUT2D eigenvalue weighted by Gasteiger charge is -2.26. The Balaban J connectivity index is 1.30. The molecule has 3 heterocycles. The highest BCUT2D eigenvalue weighted by Crippen LogP contribution is 2.40. The number of sulfone groups is 1. The van der Waals surface area contributed by atoms with Gasteiger partial charge in [-0.25, -0.2) is 12.8 Å². The predicted molar refractivity (Wildman–Crippen MR) is 158 cm³/mol. The highest BCUT2D eigenvalue weighted by atomic mass is 35.5. The molecule has 0 aliphatic carbocycles. The van der Waals surface area contributed by atoms with Crippen molar-refractivity contribution in [3.8, 4) is 22.4 Å². The lowest BCUT2D eigenvalue weighted by atomic mass is 9.92. The van der Waals surface area contributed by atoms with Crippen molar-refractivity contribution < 1.29 is 17.5 Å². The first-order valence-corrected chi connectivity index (χ1v) is 15.2. The molecule has 0 amide bonds. The van der Waals surface area contributed by atoms with Gasteiger partial charge in [0, 0.05) is 62.0 Å². The number of halogens is 2. The van der Waals surface area contributed by atoms with Gasteiger partial charge in [0.25, 0.3) is 0 Å². The molecule has 0 bridgehead atoms. The van der Waals surface area contributed by atoms with Gasteiger partial charge in [-0.15, -0.1) is 0 Å². The highest BCUT2D eigenvalue weighted by molar-refractivity contribution is 7.91. The highest BCUT2D eigenvalue weighted by Gasteiger charge is 2.21. The third-order valence-electron chi connectivity index (χ3n) is 7.25. The number of ether oxygens (including phenoxy) is 1. The molecule has 1 N–H and O–H groups in total. The number of H-pyrrole nitrogens is 1. The Morgan fingerprint density at radius 1 is 1.07 bits per heavy atom. The molecule has 0 spiro atoms. The summed E-state index contributed by atoms with van der Waals surface area (Å²) in [6.45, 7) is 2.79. The molecule has 1 aliphatic heterocycles. The zero-order valence-corrected chi connectivity index (χ0v) is 23.8. The maximum Gasteiger partial charge on any atom is 0.180 e. The second kappa shape index (κ2) is 12.5. The maximum atomic E-state index is 13.9. The van der Waals surface area contributed by atoms with Gasteiger partial charge in [0.2, 0.25) is 0 Å². The van der Waals surface area contributed by atoms with E-state index in [-0.39, 0.29) is 17.4 Å². The van der Waals surface area contributed by atoms with Crippen LogP contribution in [0.3, 0.4) is 0 Å². The molecule has 0 atom stereocenters. The van der Waals surface area contributed by atoms with E-state index in [1.54, 1.807) is 36.7 Å². The molecule has 6 nitrogen and oxygen atoms in total. The van der Waals surface area contributed by atoms with Crippen molar-refractivity contribution in [2.75, 3.05) is 39.1 Å². The quantitative estimate of drug-likeness (QED) is 0.239. The van der Waals surface area contributed by atoms with Crippen LogP contribution >= 0.6 is 11.6 Å². The Morgan fingerprint density at radius 3 is 2.52 bits per heavy atom. The lowest BCUT2D eigenvalue weighted by Crippen LogP contribution is -2.30. The van der Waals surface area contributed by atoms with E-state index in [1.165, 1.54) is 18.7 Å². The normalized spacial score (nSPS) is 14.3. The summed E-state index contributed by atoms with van der Waals surface area (Å²) in [6.07, 6.45) is 9.55. The van der Waals surface area contributed by atoms with E-state index in [2.05, 4.69) is 20.9 Å². The minimum absolute atomic E-state index is 0.0194. The Morgan fingerprint density at radius 2 is 1.85 bits per heavy atom. The first-order valence-electron chi connectivity index (χ1n) is 13.2. The second-order valence-electron chi connectivity index (χ2n) is 9.80. The molecule has 2 aromatic carbocycles. The summed E-state index contributed by atoms with van der Waals surface area (Å²) in [4.78, 5) is 10.3. The van der Waals surface area contributed by atoms with Crippen molar-refractivity contribution in [2.24, 2.45) is 0 Å². The monoisotopic (exact) mass is 579 g/mol. The van der Waals surface area contributed by atoms with Gasteiger partial charge in [0.05, 0.1) is 28.0 Å². The molecular weight excluding hydrogens is 549 g/mol. The van der Waals surface area contributed by atoms with Crippen molar-refractivity contribution in [1.82, 2.24) is 14.9 Å². The number of pyridine rings is 1. The number of aromatic nitrogens is 2. The largest absolute Gasteiger partial charge is 0.384 e. The Kier molecular flexibility index (Phi) is 8.81. The van der Waals surface area contributed by atoms with E-state index in [1.807, 2.05) is 30.5 Å². The number of benzene rings is 2. The van der Waals surface area contributed by atoms with Gasteiger partial charge in [-0.2, -0.15) is 0 Å². The zero-order valence-electron chi connectivity index (χ0n) is 22.2. The first kappa shape index (κ1) is 28.2. The van der Waals surface area contributed by atoms with Crippen LogP contribution in [0.25, 0.3) is 28.0 Å². The summed E-state index contributed by atoms with van der Waals surface area (Å²) in [5.74, 6) is -0.463. The maximum absolute atomic E-state index is 13.9. The van der Waals surface area contributed by atoms with Crippen LogP contribution in [0.2, 0.25) is 5.02 Å². The average Bonchev–Trinajstić information content (AvgIpc) is 3.43. The van der Waals surface area contributed by atoms with Crippen LogP contribution in [-0.4, -0.2) is 62.4 Å². The van der Waals surface area contributed by atoms with Crippen molar-refractivity contribution in [3.63, 3.8) is 0 Å². The number of hydrogen-bond donors (Lipinski definition) is 1. The number of methoxy groups -OCH3 is 1. The molecule has 208 valence electrons. The molecule has 40 heavy (non-hydrogen) atoms. The molecule has 2 aromatic heterocycles. The molecule has 0 radical (unpaired) electrons. The third kappa shape index (κ3) is 6.36. The summed E-state index contributed by atoms with van der Waals surface area (Å²) in [5.41, 5.74) is 7.26. The number of rotatable bonds is 10. The summed E-state index contributed by atoms with van der Waals surface area (Å²) < 4.78 is 43.5. The molecule has 5 rings (SSSR count). The Bertz CT molecular complexity index is 1600. The van der Waals surface area contributed by atoms with Gasteiger partial charge < -0.3 is 9.72 Å². The van der Waals surface area contributed by atoms with E-state index in [4.69, 9.17) is 16.3 Å². The molecule has 1 aliphatic rings.